The van der Waals surface area contributed by atoms with Gasteiger partial charge in [-0.2, -0.15) is 0 Å². The zero-order valence-corrected chi connectivity index (χ0v) is 13.6. The van der Waals surface area contributed by atoms with Crippen LogP contribution in [0.5, 0.6) is 0 Å². The molecule has 2 N–H and O–H groups in total. The zero-order chi connectivity index (χ0) is 16.2. The van der Waals surface area contributed by atoms with Crippen molar-refractivity contribution in [1.29, 1.82) is 0 Å². The number of nitrogens with zero attached hydrogens (tertiary/aromatic N) is 2. The lowest BCUT2D eigenvalue weighted by molar-refractivity contribution is -0.132. The largest absolute Gasteiger partial charge is 0.368 e. The predicted octanol–water partition coefficient (Wildman–Crippen LogP) is 2.38. The summed E-state index contributed by atoms with van der Waals surface area (Å²) in [4.78, 5) is 16.7. The smallest absolute Gasteiger partial charge is 0.223 e. The fourth-order valence-corrected chi connectivity index (χ4v) is 3.71. The minimum Gasteiger partial charge on any atom is -0.368 e. The van der Waals surface area contributed by atoms with Crippen molar-refractivity contribution in [3.63, 3.8) is 0 Å². The third-order valence-electron chi connectivity index (χ3n) is 5.23. The molecule has 5 heteroatoms. The van der Waals surface area contributed by atoms with Gasteiger partial charge in [-0.05, 0) is 43.0 Å². The maximum atomic E-state index is 13.0. The number of amides is 1. The molecule has 0 radical (unpaired) electrons. The topological polar surface area (TPSA) is 49.6 Å². The second-order valence-electron chi connectivity index (χ2n) is 6.76. The van der Waals surface area contributed by atoms with Gasteiger partial charge in [-0.25, -0.2) is 4.39 Å². The molecule has 3 rings (SSSR count). The lowest BCUT2D eigenvalue weighted by Gasteiger charge is -2.37. The van der Waals surface area contributed by atoms with Crippen molar-refractivity contribution in [3.05, 3.63) is 30.1 Å². The number of benzene rings is 1. The Morgan fingerprint density at radius 1 is 1.09 bits per heavy atom. The number of nitrogens with two attached hydrogens (primary N) is 1. The number of piperazine rings is 1. The van der Waals surface area contributed by atoms with Crippen molar-refractivity contribution in [3.8, 4) is 0 Å². The minimum atomic E-state index is -0.216. The van der Waals surface area contributed by atoms with E-state index in [2.05, 4.69) is 4.90 Å². The number of carbonyl (C=O) groups excluding carboxylic acids is 1. The summed E-state index contributed by atoms with van der Waals surface area (Å²) in [5.41, 5.74) is 7.18. The second kappa shape index (κ2) is 7.30. The van der Waals surface area contributed by atoms with Gasteiger partial charge in [0.2, 0.25) is 5.91 Å². The second-order valence-corrected chi connectivity index (χ2v) is 6.76. The highest BCUT2D eigenvalue weighted by Gasteiger charge is 2.28. The standard InChI is InChI=1S/C18H26FN3O/c19-15-5-7-16(8-6-15)21-9-11-22(12-10-21)18(23)13-14-3-1-2-4-17(14)20/h5-8,14,17H,1-4,9-13,20H2. The maximum absolute atomic E-state index is 13.0. The van der Waals surface area contributed by atoms with Gasteiger partial charge < -0.3 is 15.5 Å². The predicted molar refractivity (Wildman–Crippen MR) is 89.7 cm³/mol. The summed E-state index contributed by atoms with van der Waals surface area (Å²) in [6.45, 7) is 3.07. The van der Waals surface area contributed by atoms with E-state index in [4.69, 9.17) is 5.73 Å². The number of halogens is 1. The monoisotopic (exact) mass is 319 g/mol. The number of rotatable bonds is 3. The van der Waals surface area contributed by atoms with Crippen molar-refractivity contribution in [1.82, 2.24) is 4.90 Å². The van der Waals surface area contributed by atoms with Crippen molar-refractivity contribution >= 4 is 11.6 Å². The van der Waals surface area contributed by atoms with E-state index in [0.29, 0.717) is 12.3 Å². The molecule has 0 bridgehead atoms. The van der Waals surface area contributed by atoms with Gasteiger partial charge in [-0.15, -0.1) is 0 Å². The van der Waals surface area contributed by atoms with Crippen molar-refractivity contribution < 1.29 is 9.18 Å². The average molecular weight is 319 g/mol. The summed E-state index contributed by atoms with van der Waals surface area (Å²) in [5, 5.41) is 0. The van der Waals surface area contributed by atoms with Crippen molar-refractivity contribution in [2.45, 2.75) is 38.1 Å². The van der Waals surface area contributed by atoms with Gasteiger partial charge in [0.15, 0.2) is 0 Å². The maximum Gasteiger partial charge on any atom is 0.223 e. The molecule has 4 nitrogen and oxygen atoms in total. The van der Waals surface area contributed by atoms with Crippen LogP contribution >= 0.6 is 0 Å². The molecule has 1 aliphatic heterocycles. The Morgan fingerprint density at radius 3 is 2.39 bits per heavy atom. The molecule has 1 heterocycles. The zero-order valence-electron chi connectivity index (χ0n) is 13.6. The number of carbonyl (C=O) groups is 1. The lowest BCUT2D eigenvalue weighted by Crippen LogP contribution is -2.49. The Hall–Kier alpha value is -1.62. The molecule has 2 unspecified atom stereocenters. The summed E-state index contributed by atoms with van der Waals surface area (Å²) < 4.78 is 13.0. The van der Waals surface area contributed by atoms with Crippen molar-refractivity contribution in [2.75, 3.05) is 31.1 Å². The Balaban J connectivity index is 1.50. The summed E-state index contributed by atoms with van der Waals surface area (Å²) in [6, 6.07) is 6.75. The molecule has 1 saturated heterocycles. The van der Waals surface area contributed by atoms with Gasteiger partial charge in [0, 0.05) is 44.3 Å². The molecule has 0 aromatic heterocycles. The normalized spacial score (nSPS) is 25.5. The Morgan fingerprint density at radius 2 is 1.74 bits per heavy atom. The van der Waals surface area contributed by atoms with Crippen molar-refractivity contribution in [2.24, 2.45) is 11.7 Å². The van der Waals surface area contributed by atoms with Crippen LogP contribution in [0.3, 0.4) is 0 Å². The SMILES string of the molecule is NC1CCCCC1CC(=O)N1CCN(c2ccc(F)cc2)CC1. The van der Waals surface area contributed by atoms with Crippen LogP contribution in [0.15, 0.2) is 24.3 Å². The van der Waals surface area contributed by atoms with Crippen LogP contribution in [-0.2, 0) is 4.79 Å². The Kier molecular flexibility index (Phi) is 5.16. The fraction of sp³-hybridized carbons (Fsp3) is 0.611. The van der Waals surface area contributed by atoms with E-state index < -0.39 is 0 Å². The van der Waals surface area contributed by atoms with Crippen LogP contribution in [0, 0.1) is 11.7 Å². The average Bonchev–Trinajstić information content (AvgIpc) is 2.58. The van der Waals surface area contributed by atoms with E-state index in [1.165, 1.54) is 25.0 Å². The van der Waals surface area contributed by atoms with E-state index in [1.807, 2.05) is 4.90 Å². The first kappa shape index (κ1) is 16.2. The first-order valence-corrected chi connectivity index (χ1v) is 8.67. The van der Waals surface area contributed by atoms with Gasteiger partial charge in [0.1, 0.15) is 5.82 Å². The lowest BCUT2D eigenvalue weighted by atomic mass is 9.82. The summed E-state index contributed by atoms with van der Waals surface area (Å²) >= 11 is 0. The highest BCUT2D eigenvalue weighted by Crippen LogP contribution is 2.26. The quantitative estimate of drug-likeness (QED) is 0.930. The van der Waals surface area contributed by atoms with Crippen LogP contribution in [0.25, 0.3) is 0 Å². The number of anilines is 1. The molecular weight excluding hydrogens is 293 g/mol. The van der Waals surface area contributed by atoms with Crippen LogP contribution < -0.4 is 10.6 Å². The van der Waals surface area contributed by atoms with E-state index in [1.54, 1.807) is 12.1 Å². The van der Waals surface area contributed by atoms with E-state index in [-0.39, 0.29) is 17.8 Å². The van der Waals surface area contributed by atoms with Crippen LogP contribution in [-0.4, -0.2) is 43.0 Å². The van der Waals surface area contributed by atoms with Gasteiger partial charge >= 0.3 is 0 Å². The first-order chi connectivity index (χ1) is 11.1. The Labute approximate surface area is 137 Å². The third kappa shape index (κ3) is 4.02. The highest BCUT2D eigenvalue weighted by atomic mass is 19.1. The van der Waals surface area contributed by atoms with Crippen LogP contribution in [0.4, 0.5) is 10.1 Å². The molecule has 2 fully saturated rings. The molecule has 126 valence electrons. The summed E-state index contributed by atoms with van der Waals surface area (Å²) in [5.74, 6) is 0.379. The van der Waals surface area contributed by atoms with Gasteiger partial charge in [0.05, 0.1) is 0 Å². The third-order valence-corrected chi connectivity index (χ3v) is 5.23. The summed E-state index contributed by atoms with van der Waals surface area (Å²) in [7, 11) is 0. The van der Waals surface area contributed by atoms with E-state index in [0.717, 1.165) is 44.7 Å². The molecule has 1 aromatic rings. The number of hydrogen-bond donors (Lipinski definition) is 1. The van der Waals surface area contributed by atoms with Gasteiger partial charge in [-0.1, -0.05) is 12.8 Å². The molecule has 0 spiro atoms. The van der Waals surface area contributed by atoms with E-state index >= 15 is 0 Å². The van der Waals surface area contributed by atoms with Gasteiger partial charge in [-0.3, -0.25) is 4.79 Å². The molecule has 23 heavy (non-hydrogen) atoms. The van der Waals surface area contributed by atoms with E-state index in [9.17, 15) is 9.18 Å². The molecular formula is C18H26FN3O. The van der Waals surface area contributed by atoms with Crippen LogP contribution in [0.1, 0.15) is 32.1 Å². The van der Waals surface area contributed by atoms with Gasteiger partial charge in [0.25, 0.3) is 0 Å². The molecule has 1 amide bonds. The van der Waals surface area contributed by atoms with Crippen LogP contribution in [0.2, 0.25) is 0 Å². The highest BCUT2D eigenvalue weighted by molar-refractivity contribution is 5.77. The number of hydrogen-bond acceptors (Lipinski definition) is 3. The molecule has 1 saturated carbocycles. The first-order valence-electron chi connectivity index (χ1n) is 8.67. The Bertz CT molecular complexity index is 526. The fourth-order valence-electron chi connectivity index (χ4n) is 3.71. The molecule has 2 aliphatic rings. The molecule has 1 aromatic carbocycles. The molecule has 2 atom stereocenters. The molecule has 1 aliphatic carbocycles. The summed E-state index contributed by atoms with van der Waals surface area (Å²) in [6.07, 6.45) is 5.13. The minimum absolute atomic E-state index is 0.188.